The number of benzene rings is 2. The molecule has 29 heavy (non-hydrogen) atoms. The van der Waals surface area contributed by atoms with E-state index in [9.17, 15) is 4.79 Å². The van der Waals surface area contributed by atoms with Gasteiger partial charge in [-0.25, -0.2) is 0 Å². The van der Waals surface area contributed by atoms with Gasteiger partial charge in [-0.1, -0.05) is 47.7 Å². The highest BCUT2D eigenvalue weighted by atomic mass is 35.5. The smallest absolute Gasteiger partial charge is 0.263 e. The van der Waals surface area contributed by atoms with E-state index < -0.39 is 0 Å². The molecule has 1 amide bonds. The maximum absolute atomic E-state index is 11.8. The van der Waals surface area contributed by atoms with E-state index in [0.717, 1.165) is 16.9 Å². The molecule has 0 radical (unpaired) electrons. The number of nitrogens with one attached hydrogen (secondary N) is 1. The van der Waals surface area contributed by atoms with Gasteiger partial charge in [0, 0.05) is 0 Å². The second-order valence-electron chi connectivity index (χ2n) is 6.35. The van der Waals surface area contributed by atoms with Crippen molar-refractivity contribution < 1.29 is 19.0 Å². The third kappa shape index (κ3) is 5.44. The summed E-state index contributed by atoms with van der Waals surface area (Å²) < 4.78 is 17.5. The number of thioether (sulfide) groups is 1. The molecule has 5 nitrogen and oxygen atoms in total. The predicted molar refractivity (Wildman–Crippen MR) is 121 cm³/mol. The maximum atomic E-state index is 11.8. The molecular formula is C21H20ClNO4S2. The maximum Gasteiger partial charge on any atom is 0.263 e. The highest BCUT2D eigenvalue weighted by Gasteiger charge is 2.22. The van der Waals surface area contributed by atoms with Crippen molar-refractivity contribution in [2.45, 2.75) is 13.8 Å². The first kappa shape index (κ1) is 21.5. The lowest BCUT2D eigenvalue weighted by Crippen LogP contribution is -2.17. The van der Waals surface area contributed by atoms with Gasteiger partial charge in [-0.05, 0) is 54.8 Å². The van der Waals surface area contributed by atoms with Gasteiger partial charge in [0.05, 0.1) is 17.0 Å². The Morgan fingerprint density at radius 1 is 1.14 bits per heavy atom. The van der Waals surface area contributed by atoms with Gasteiger partial charge < -0.3 is 19.5 Å². The average molecular weight is 450 g/mol. The Morgan fingerprint density at radius 2 is 1.90 bits per heavy atom. The molecule has 0 spiro atoms. The molecule has 1 N–H and O–H groups in total. The predicted octanol–water partition coefficient (Wildman–Crippen LogP) is 4.91. The Balaban J connectivity index is 1.68. The number of thiocarbonyl (C=S) groups is 1. The summed E-state index contributed by atoms with van der Waals surface area (Å²) in [4.78, 5) is 12.3. The molecule has 8 heteroatoms. The third-order valence-electron chi connectivity index (χ3n) is 4.12. The molecule has 2 aromatic carbocycles. The molecule has 0 aliphatic carbocycles. The number of methoxy groups -OCH3 is 1. The normalized spacial score (nSPS) is 14.8. The fraction of sp³-hybridized carbons (Fsp3) is 0.238. The van der Waals surface area contributed by atoms with Crippen molar-refractivity contribution in [3.8, 4) is 17.2 Å². The van der Waals surface area contributed by atoms with Gasteiger partial charge in [-0.15, -0.1) is 0 Å². The van der Waals surface area contributed by atoms with Crippen LogP contribution < -0.4 is 19.5 Å². The fourth-order valence-electron chi connectivity index (χ4n) is 2.69. The van der Waals surface area contributed by atoms with Gasteiger partial charge in [0.1, 0.15) is 23.3 Å². The van der Waals surface area contributed by atoms with E-state index in [0.29, 0.717) is 44.5 Å². The van der Waals surface area contributed by atoms with Crippen LogP contribution in [-0.2, 0) is 4.79 Å². The summed E-state index contributed by atoms with van der Waals surface area (Å²) in [5.41, 5.74) is 2.92. The van der Waals surface area contributed by atoms with Gasteiger partial charge in [0.25, 0.3) is 5.91 Å². The Hall–Kier alpha value is -2.22. The first-order chi connectivity index (χ1) is 13.9. The van der Waals surface area contributed by atoms with Crippen LogP contribution in [0.15, 0.2) is 35.2 Å². The standard InChI is InChI=1S/C21H20ClNO4S2/c1-12-4-5-13(2)16(8-12)26-6-7-27-19-15(22)9-14(10-17(19)25-3)11-18-20(24)23-21(28)29-18/h4-5,8-11H,6-7H2,1-3H3,(H,23,24,28)/b18-11+. The number of ether oxygens (including phenoxy) is 3. The molecular weight excluding hydrogens is 430 g/mol. The Labute approximate surface area is 184 Å². The van der Waals surface area contributed by atoms with E-state index in [-0.39, 0.29) is 5.91 Å². The lowest BCUT2D eigenvalue weighted by Gasteiger charge is -2.14. The van der Waals surface area contributed by atoms with Crippen molar-refractivity contribution in [1.29, 1.82) is 0 Å². The second kappa shape index (κ2) is 9.52. The van der Waals surface area contributed by atoms with Crippen LogP contribution in [0.3, 0.4) is 0 Å². The van der Waals surface area contributed by atoms with Crippen molar-refractivity contribution in [2.24, 2.45) is 0 Å². The van der Waals surface area contributed by atoms with Crippen molar-refractivity contribution in [3.05, 3.63) is 56.9 Å². The highest BCUT2D eigenvalue weighted by Crippen LogP contribution is 2.38. The van der Waals surface area contributed by atoms with Gasteiger partial charge in [-0.3, -0.25) is 4.79 Å². The summed E-state index contributed by atoms with van der Waals surface area (Å²) in [5.74, 6) is 1.51. The van der Waals surface area contributed by atoms with Gasteiger partial charge in [0.2, 0.25) is 0 Å². The average Bonchev–Trinajstić information content (AvgIpc) is 2.99. The summed E-state index contributed by atoms with van der Waals surface area (Å²) in [6, 6.07) is 9.53. The summed E-state index contributed by atoms with van der Waals surface area (Å²) in [6.07, 6.45) is 1.71. The summed E-state index contributed by atoms with van der Waals surface area (Å²) in [5, 5.41) is 2.96. The number of hydrogen-bond acceptors (Lipinski definition) is 6. The molecule has 0 bridgehead atoms. The van der Waals surface area contributed by atoms with E-state index in [2.05, 4.69) is 5.32 Å². The number of hydrogen-bond donors (Lipinski definition) is 1. The van der Waals surface area contributed by atoms with Crippen LogP contribution in [0.4, 0.5) is 0 Å². The molecule has 3 rings (SSSR count). The zero-order valence-electron chi connectivity index (χ0n) is 16.2. The Morgan fingerprint density at radius 3 is 2.59 bits per heavy atom. The minimum Gasteiger partial charge on any atom is -0.493 e. The van der Waals surface area contributed by atoms with Crippen molar-refractivity contribution in [3.63, 3.8) is 0 Å². The molecule has 0 aromatic heterocycles. The summed E-state index contributed by atoms with van der Waals surface area (Å²) in [6.45, 7) is 4.68. The molecule has 0 unspecified atom stereocenters. The van der Waals surface area contributed by atoms with Crippen LogP contribution in [0.1, 0.15) is 16.7 Å². The molecule has 0 saturated carbocycles. The first-order valence-electron chi connectivity index (χ1n) is 8.82. The van der Waals surface area contributed by atoms with Crippen LogP contribution in [0.5, 0.6) is 17.2 Å². The topological polar surface area (TPSA) is 56.8 Å². The van der Waals surface area contributed by atoms with Crippen LogP contribution in [0.25, 0.3) is 6.08 Å². The van der Waals surface area contributed by atoms with E-state index in [1.165, 1.54) is 18.9 Å². The number of carbonyl (C=O) groups is 1. The molecule has 0 atom stereocenters. The molecule has 1 aliphatic heterocycles. The minimum atomic E-state index is -0.223. The minimum absolute atomic E-state index is 0.223. The second-order valence-corrected chi connectivity index (χ2v) is 8.48. The highest BCUT2D eigenvalue weighted by molar-refractivity contribution is 8.26. The SMILES string of the molecule is COc1cc(/C=C2/SC(=S)NC2=O)cc(Cl)c1OCCOc1cc(C)ccc1C. The molecule has 1 heterocycles. The van der Waals surface area contributed by atoms with E-state index in [1.54, 1.807) is 18.2 Å². The number of aryl methyl sites for hydroxylation is 2. The summed E-state index contributed by atoms with van der Waals surface area (Å²) in [7, 11) is 1.54. The lowest BCUT2D eigenvalue weighted by molar-refractivity contribution is -0.115. The molecule has 1 saturated heterocycles. The Kier molecular flexibility index (Phi) is 7.05. The van der Waals surface area contributed by atoms with Crippen molar-refractivity contribution in [1.82, 2.24) is 5.32 Å². The molecule has 1 aliphatic rings. The first-order valence-corrected chi connectivity index (χ1v) is 10.4. The lowest BCUT2D eigenvalue weighted by atomic mass is 10.1. The third-order valence-corrected chi connectivity index (χ3v) is 5.57. The zero-order chi connectivity index (χ0) is 21.0. The van der Waals surface area contributed by atoms with Crippen molar-refractivity contribution in [2.75, 3.05) is 20.3 Å². The number of amides is 1. The monoisotopic (exact) mass is 449 g/mol. The largest absolute Gasteiger partial charge is 0.493 e. The number of carbonyl (C=O) groups excluding carboxylic acids is 1. The van der Waals surface area contributed by atoms with Crippen molar-refractivity contribution >= 4 is 51.9 Å². The zero-order valence-corrected chi connectivity index (χ0v) is 18.6. The van der Waals surface area contributed by atoms with Crippen LogP contribution in [-0.4, -0.2) is 30.6 Å². The summed E-state index contributed by atoms with van der Waals surface area (Å²) >= 11 is 12.6. The van der Waals surface area contributed by atoms with Crippen LogP contribution in [0.2, 0.25) is 5.02 Å². The van der Waals surface area contributed by atoms with Crippen LogP contribution >= 0.6 is 35.6 Å². The fourth-order valence-corrected chi connectivity index (χ4v) is 4.01. The Bertz CT molecular complexity index is 991. The van der Waals surface area contributed by atoms with Gasteiger partial charge in [0.15, 0.2) is 11.5 Å². The van der Waals surface area contributed by atoms with Crippen LogP contribution in [0, 0.1) is 13.8 Å². The molecule has 2 aromatic rings. The van der Waals surface area contributed by atoms with E-state index >= 15 is 0 Å². The van der Waals surface area contributed by atoms with E-state index in [1.807, 2.05) is 32.0 Å². The van der Waals surface area contributed by atoms with Gasteiger partial charge in [-0.2, -0.15) is 0 Å². The quantitative estimate of drug-likeness (QED) is 0.368. The number of halogens is 1. The van der Waals surface area contributed by atoms with E-state index in [4.69, 9.17) is 38.0 Å². The molecule has 152 valence electrons. The number of rotatable bonds is 7. The molecule has 1 fully saturated rings. The van der Waals surface area contributed by atoms with Gasteiger partial charge >= 0.3 is 0 Å².